The van der Waals surface area contributed by atoms with E-state index in [0.717, 1.165) is 6.07 Å². The van der Waals surface area contributed by atoms with Gasteiger partial charge in [0.2, 0.25) is 10.0 Å². The first-order chi connectivity index (χ1) is 13.5. The van der Waals surface area contributed by atoms with Crippen molar-refractivity contribution in [3.05, 3.63) is 42.0 Å². The van der Waals surface area contributed by atoms with Gasteiger partial charge in [-0.25, -0.2) is 8.42 Å². The van der Waals surface area contributed by atoms with Crippen LogP contribution in [0.2, 0.25) is 0 Å². The summed E-state index contributed by atoms with van der Waals surface area (Å²) in [5.41, 5.74) is -1.16. The SMILES string of the molecule is COc1ccc(NC(=O)[C@H]2Nc3cc(C(F)(F)F)ccc3S(=O)(=O)N2)c(OC)c1. The molecule has 0 fully saturated rings. The van der Waals surface area contributed by atoms with E-state index in [9.17, 15) is 26.4 Å². The summed E-state index contributed by atoms with van der Waals surface area (Å²) in [5.74, 6) is -0.138. The quantitative estimate of drug-likeness (QED) is 0.687. The van der Waals surface area contributed by atoms with Gasteiger partial charge in [0.25, 0.3) is 5.91 Å². The second-order valence-electron chi connectivity index (χ2n) is 5.96. The van der Waals surface area contributed by atoms with Crippen molar-refractivity contribution >= 4 is 27.3 Å². The fourth-order valence-corrected chi connectivity index (χ4v) is 3.94. The fourth-order valence-electron chi connectivity index (χ4n) is 2.68. The summed E-state index contributed by atoms with van der Waals surface area (Å²) in [6, 6.07) is 6.64. The molecule has 0 spiro atoms. The molecule has 1 heterocycles. The molecule has 0 saturated heterocycles. The molecule has 2 aromatic carbocycles. The second kappa shape index (κ2) is 7.44. The van der Waals surface area contributed by atoms with E-state index in [4.69, 9.17) is 9.47 Å². The Labute approximate surface area is 164 Å². The number of hydrogen-bond donors (Lipinski definition) is 3. The van der Waals surface area contributed by atoms with Gasteiger partial charge in [-0.05, 0) is 30.3 Å². The van der Waals surface area contributed by atoms with Crippen molar-refractivity contribution in [3.8, 4) is 11.5 Å². The predicted octanol–water partition coefficient (Wildman–Crippen LogP) is 2.39. The van der Waals surface area contributed by atoms with E-state index in [1.54, 1.807) is 6.07 Å². The number of carbonyl (C=O) groups excluding carboxylic acids is 1. The summed E-state index contributed by atoms with van der Waals surface area (Å²) < 4.78 is 75.8. The Morgan fingerprint density at radius 1 is 1.10 bits per heavy atom. The van der Waals surface area contributed by atoms with Crippen LogP contribution in [0.4, 0.5) is 24.5 Å². The highest BCUT2D eigenvalue weighted by molar-refractivity contribution is 7.89. The maximum Gasteiger partial charge on any atom is 0.416 e. The number of rotatable bonds is 4. The summed E-state index contributed by atoms with van der Waals surface area (Å²) in [6.45, 7) is 0. The molecular formula is C17H16F3N3O5S. The zero-order valence-corrected chi connectivity index (χ0v) is 15.9. The average molecular weight is 431 g/mol. The molecule has 8 nitrogen and oxygen atoms in total. The van der Waals surface area contributed by atoms with Gasteiger partial charge in [0, 0.05) is 6.07 Å². The third-order valence-electron chi connectivity index (χ3n) is 4.10. The van der Waals surface area contributed by atoms with Gasteiger partial charge in [-0.15, -0.1) is 0 Å². The maximum absolute atomic E-state index is 12.9. The van der Waals surface area contributed by atoms with Crippen LogP contribution in [0.25, 0.3) is 0 Å². The van der Waals surface area contributed by atoms with Crippen molar-refractivity contribution in [2.24, 2.45) is 0 Å². The molecule has 0 bridgehead atoms. The van der Waals surface area contributed by atoms with Crippen LogP contribution in [0.3, 0.4) is 0 Å². The number of nitrogens with one attached hydrogen (secondary N) is 3. The molecule has 12 heteroatoms. The lowest BCUT2D eigenvalue weighted by Gasteiger charge is -2.28. The number of carbonyl (C=O) groups is 1. The van der Waals surface area contributed by atoms with Gasteiger partial charge in [0.05, 0.1) is 31.2 Å². The number of anilines is 2. The van der Waals surface area contributed by atoms with Crippen LogP contribution in [0.15, 0.2) is 41.3 Å². The van der Waals surface area contributed by atoms with E-state index in [-0.39, 0.29) is 17.1 Å². The molecular weight excluding hydrogens is 415 g/mol. The minimum Gasteiger partial charge on any atom is -0.497 e. The Balaban J connectivity index is 1.89. The molecule has 1 aliphatic rings. The monoisotopic (exact) mass is 431 g/mol. The van der Waals surface area contributed by atoms with Crippen LogP contribution in [0.1, 0.15) is 5.56 Å². The van der Waals surface area contributed by atoms with Crippen LogP contribution < -0.4 is 24.8 Å². The Bertz CT molecular complexity index is 1060. The second-order valence-corrected chi connectivity index (χ2v) is 7.65. The van der Waals surface area contributed by atoms with Crippen LogP contribution in [-0.2, 0) is 21.0 Å². The number of benzene rings is 2. The van der Waals surface area contributed by atoms with Gasteiger partial charge in [-0.2, -0.15) is 17.9 Å². The maximum atomic E-state index is 12.9. The molecule has 0 aromatic heterocycles. The third-order valence-corrected chi connectivity index (χ3v) is 5.58. The largest absolute Gasteiger partial charge is 0.497 e. The van der Waals surface area contributed by atoms with Crippen LogP contribution in [-0.4, -0.2) is 34.7 Å². The number of hydrogen-bond acceptors (Lipinski definition) is 6. The zero-order valence-electron chi connectivity index (χ0n) is 15.1. The van der Waals surface area contributed by atoms with Gasteiger partial charge < -0.3 is 20.1 Å². The first kappa shape index (κ1) is 20.7. The van der Waals surface area contributed by atoms with Crippen molar-refractivity contribution in [1.29, 1.82) is 0 Å². The molecule has 1 aliphatic heterocycles. The average Bonchev–Trinajstić information content (AvgIpc) is 2.66. The number of alkyl halides is 3. The lowest BCUT2D eigenvalue weighted by molar-refractivity contribution is -0.137. The highest BCUT2D eigenvalue weighted by Crippen LogP contribution is 2.35. The van der Waals surface area contributed by atoms with Gasteiger partial charge >= 0.3 is 6.18 Å². The van der Waals surface area contributed by atoms with E-state index >= 15 is 0 Å². The smallest absolute Gasteiger partial charge is 0.416 e. The van der Waals surface area contributed by atoms with Gasteiger partial charge in [-0.1, -0.05) is 0 Å². The highest BCUT2D eigenvalue weighted by atomic mass is 32.2. The summed E-state index contributed by atoms with van der Waals surface area (Å²) >= 11 is 0. The standard InChI is InChI=1S/C17H16F3N3O5S/c1-27-10-4-5-11(13(8-10)28-2)22-16(24)15-21-12-7-9(17(18,19)20)3-6-14(12)29(25,26)23-15/h3-8,15,21,23H,1-2H3,(H,22,24)/t15-/m0/s1. The fraction of sp³-hybridized carbons (Fsp3) is 0.235. The van der Waals surface area contributed by atoms with E-state index < -0.39 is 38.7 Å². The van der Waals surface area contributed by atoms with Crippen molar-refractivity contribution < 1.29 is 35.9 Å². The lowest BCUT2D eigenvalue weighted by atomic mass is 10.2. The normalized spacial score (nSPS) is 17.6. The van der Waals surface area contributed by atoms with E-state index in [2.05, 4.69) is 15.4 Å². The number of methoxy groups -OCH3 is 2. The minimum atomic E-state index is -4.67. The summed E-state index contributed by atoms with van der Waals surface area (Å²) in [5, 5.41) is 4.94. The number of amides is 1. The third kappa shape index (κ3) is 4.22. The summed E-state index contributed by atoms with van der Waals surface area (Å²) in [7, 11) is -1.40. The molecule has 0 unspecified atom stereocenters. The molecule has 0 aliphatic carbocycles. The van der Waals surface area contributed by atoms with Crippen molar-refractivity contribution in [1.82, 2.24) is 4.72 Å². The first-order valence-electron chi connectivity index (χ1n) is 8.08. The molecule has 1 amide bonds. The highest BCUT2D eigenvalue weighted by Gasteiger charge is 2.37. The molecule has 2 aromatic rings. The van der Waals surface area contributed by atoms with Crippen LogP contribution >= 0.6 is 0 Å². The Morgan fingerprint density at radius 3 is 2.45 bits per heavy atom. The minimum absolute atomic E-state index is 0.217. The molecule has 156 valence electrons. The topological polar surface area (TPSA) is 106 Å². The predicted molar refractivity (Wildman–Crippen MR) is 97.4 cm³/mol. The van der Waals surface area contributed by atoms with Crippen molar-refractivity contribution in [3.63, 3.8) is 0 Å². The van der Waals surface area contributed by atoms with Gasteiger partial charge in [0.1, 0.15) is 16.4 Å². The van der Waals surface area contributed by atoms with Crippen molar-refractivity contribution in [2.45, 2.75) is 17.2 Å². The molecule has 3 rings (SSSR count). The van der Waals surface area contributed by atoms with Gasteiger partial charge in [-0.3, -0.25) is 4.79 Å². The summed E-state index contributed by atoms with van der Waals surface area (Å²) in [6.07, 6.45) is -6.21. The number of ether oxygens (including phenoxy) is 2. The Hall–Kier alpha value is -2.99. The molecule has 3 N–H and O–H groups in total. The van der Waals surface area contributed by atoms with Crippen LogP contribution in [0, 0.1) is 0 Å². The Morgan fingerprint density at radius 2 is 1.83 bits per heavy atom. The number of fused-ring (bicyclic) bond motifs is 1. The lowest BCUT2D eigenvalue weighted by Crippen LogP contribution is -2.51. The van der Waals surface area contributed by atoms with Crippen molar-refractivity contribution in [2.75, 3.05) is 24.9 Å². The van der Waals surface area contributed by atoms with E-state index in [0.29, 0.717) is 17.9 Å². The van der Waals surface area contributed by atoms with E-state index in [1.165, 1.54) is 26.4 Å². The molecule has 0 saturated carbocycles. The zero-order chi connectivity index (χ0) is 21.4. The number of sulfonamides is 1. The van der Waals surface area contributed by atoms with E-state index in [1.807, 2.05) is 0 Å². The van der Waals surface area contributed by atoms with Gasteiger partial charge in [0.15, 0.2) is 6.17 Å². The van der Waals surface area contributed by atoms with Crippen LogP contribution in [0.5, 0.6) is 11.5 Å². The molecule has 29 heavy (non-hydrogen) atoms. The molecule has 1 atom stereocenters. The Kier molecular flexibility index (Phi) is 5.32. The summed E-state index contributed by atoms with van der Waals surface area (Å²) in [4.78, 5) is 12.2. The molecule has 0 radical (unpaired) electrons. The number of halogens is 3. The first-order valence-corrected chi connectivity index (χ1v) is 9.56.